The van der Waals surface area contributed by atoms with Crippen molar-refractivity contribution in [1.29, 1.82) is 0 Å². The zero-order chi connectivity index (χ0) is 28.0. The highest BCUT2D eigenvalue weighted by Gasteiger charge is 2.31. The van der Waals surface area contributed by atoms with Crippen LogP contribution in [0.1, 0.15) is 48.5 Å². The van der Waals surface area contributed by atoms with Crippen LogP contribution in [-0.4, -0.2) is 52.8 Å². The van der Waals surface area contributed by atoms with Gasteiger partial charge in [0, 0.05) is 30.1 Å². The van der Waals surface area contributed by atoms with Gasteiger partial charge < -0.3 is 14.9 Å². The number of benzene rings is 2. The quantitative estimate of drug-likeness (QED) is 0.365. The molecule has 6 nitrogen and oxygen atoms in total. The maximum atomic E-state index is 12.7. The first-order valence-electron chi connectivity index (χ1n) is 12.8. The lowest BCUT2D eigenvalue weighted by Gasteiger charge is -2.37. The summed E-state index contributed by atoms with van der Waals surface area (Å²) in [7, 11) is 1.59. The molecule has 0 radical (unpaired) electrons. The van der Waals surface area contributed by atoms with E-state index in [1.54, 1.807) is 19.4 Å². The van der Waals surface area contributed by atoms with Gasteiger partial charge in [0.25, 0.3) is 0 Å². The number of ether oxygens (including phenoxy) is 1. The van der Waals surface area contributed by atoms with E-state index in [4.69, 9.17) is 4.74 Å². The van der Waals surface area contributed by atoms with Crippen LogP contribution in [0.3, 0.4) is 0 Å². The van der Waals surface area contributed by atoms with Crippen LogP contribution in [0.25, 0.3) is 10.9 Å². The minimum atomic E-state index is -4.38. The van der Waals surface area contributed by atoms with Crippen LogP contribution in [0, 0.1) is 23.7 Å². The Labute approximate surface area is 225 Å². The first kappa shape index (κ1) is 28.4. The first-order valence-corrected chi connectivity index (χ1v) is 12.8. The second kappa shape index (κ2) is 12.5. The molecule has 1 saturated heterocycles. The highest BCUT2D eigenvalue weighted by atomic mass is 19.4. The maximum Gasteiger partial charge on any atom is 0.416 e. The van der Waals surface area contributed by atoms with Gasteiger partial charge in [-0.2, -0.15) is 13.2 Å². The molecule has 4 rings (SSSR count). The molecule has 1 fully saturated rings. The van der Waals surface area contributed by atoms with E-state index in [-0.39, 0.29) is 18.3 Å². The highest BCUT2D eigenvalue weighted by Crippen LogP contribution is 2.35. The monoisotopic (exact) mass is 540 g/mol. The van der Waals surface area contributed by atoms with E-state index in [9.17, 15) is 28.2 Å². The summed E-state index contributed by atoms with van der Waals surface area (Å²) >= 11 is 0. The van der Waals surface area contributed by atoms with Gasteiger partial charge in [-0.05, 0) is 91.7 Å². The molecular formula is C30H31F3N2O4. The van der Waals surface area contributed by atoms with Crippen LogP contribution in [0.5, 0.6) is 5.75 Å². The number of rotatable bonds is 8. The number of halogens is 3. The molecule has 0 bridgehead atoms. The van der Waals surface area contributed by atoms with E-state index in [2.05, 4.69) is 21.7 Å². The fourth-order valence-electron chi connectivity index (χ4n) is 5.22. The summed E-state index contributed by atoms with van der Waals surface area (Å²) in [4.78, 5) is 18.0. The molecule has 2 heterocycles. The van der Waals surface area contributed by atoms with Crippen LogP contribution in [-0.2, 0) is 11.0 Å². The third-order valence-corrected chi connectivity index (χ3v) is 7.31. The average Bonchev–Trinajstić information content (AvgIpc) is 2.91. The number of carboxylic acid groups (broad SMARTS) is 1. The van der Waals surface area contributed by atoms with E-state index in [0.29, 0.717) is 37.2 Å². The van der Waals surface area contributed by atoms with Crippen molar-refractivity contribution >= 4 is 16.9 Å². The summed E-state index contributed by atoms with van der Waals surface area (Å²) < 4.78 is 43.6. The van der Waals surface area contributed by atoms with Crippen molar-refractivity contribution < 1.29 is 32.9 Å². The standard InChI is InChI=1S/C30H31F3N2O4/c1-39-24-9-10-27-26(18-24)25(12-14-34-27)28(36)11-6-21-13-16-35(19-22(21)17-29(37)38)15-2-3-20-4-7-23(8-5-20)30(31,32)33/h4-5,7-10,12,14,18,21-22,28,36H,6,11,13,15-17,19H2,1H3,(H,37,38)/t21-,22+,28-/m1/s1. The van der Waals surface area contributed by atoms with Gasteiger partial charge >= 0.3 is 12.1 Å². The molecule has 206 valence electrons. The summed E-state index contributed by atoms with van der Waals surface area (Å²) in [5.41, 5.74) is 1.32. The molecule has 1 aliphatic heterocycles. The second-order valence-electron chi connectivity index (χ2n) is 9.90. The minimum absolute atomic E-state index is 0.0268. The number of likely N-dealkylation sites (tertiary alicyclic amines) is 1. The molecular weight excluding hydrogens is 509 g/mol. The molecule has 3 atom stereocenters. The Morgan fingerprint density at radius 2 is 1.95 bits per heavy atom. The smallest absolute Gasteiger partial charge is 0.416 e. The SMILES string of the molecule is COc1ccc2nccc([C@H](O)CC[C@@H]3CCN(CC#Cc4ccc(C(F)(F)F)cc4)C[C@@H]3CC(=O)O)c2c1. The molecule has 0 saturated carbocycles. The fourth-order valence-corrected chi connectivity index (χ4v) is 5.22. The normalized spacial score (nSPS) is 18.8. The van der Waals surface area contributed by atoms with E-state index < -0.39 is 23.8 Å². The van der Waals surface area contributed by atoms with Gasteiger partial charge in [-0.3, -0.25) is 14.7 Å². The minimum Gasteiger partial charge on any atom is -0.497 e. The summed E-state index contributed by atoms with van der Waals surface area (Å²) in [6.45, 7) is 1.69. The third-order valence-electron chi connectivity index (χ3n) is 7.31. The van der Waals surface area contributed by atoms with Crippen LogP contribution in [0.15, 0.2) is 54.7 Å². The van der Waals surface area contributed by atoms with Crippen LogP contribution in [0.4, 0.5) is 13.2 Å². The Morgan fingerprint density at radius 1 is 1.18 bits per heavy atom. The van der Waals surface area contributed by atoms with Crippen molar-refractivity contribution in [2.45, 2.75) is 38.0 Å². The lowest BCUT2D eigenvalue weighted by Crippen LogP contribution is -2.41. The summed E-state index contributed by atoms with van der Waals surface area (Å²) in [5.74, 6) is 5.76. The summed E-state index contributed by atoms with van der Waals surface area (Å²) in [6, 6.07) is 12.1. The number of alkyl halides is 3. The van der Waals surface area contributed by atoms with Gasteiger partial charge in [0.1, 0.15) is 5.75 Å². The van der Waals surface area contributed by atoms with Gasteiger partial charge in [-0.1, -0.05) is 11.8 Å². The number of methoxy groups -OCH3 is 1. The molecule has 0 spiro atoms. The molecule has 0 aliphatic carbocycles. The third kappa shape index (κ3) is 7.49. The average molecular weight is 541 g/mol. The maximum absolute atomic E-state index is 12.7. The van der Waals surface area contributed by atoms with E-state index in [1.165, 1.54) is 12.1 Å². The number of nitrogens with zero attached hydrogens (tertiary/aromatic N) is 2. The van der Waals surface area contributed by atoms with Gasteiger partial charge in [-0.15, -0.1) is 0 Å². The largest absolute Gasteiger partial charge is 0.497 e. The molecule has 0 amide bonds. The molecule has 1 aromatic heterocycles. The predicted molar refractivity (Wildman–Crippen MR) is 141 cm³/mol. The molecule has 2 aromatic carbocycles. The van der Waals surface area contributed by atoms with Crippen molar-refractivity contribution in [3.63, 3.8) is 0 Å². The Hall–Kier alpha value is -3.61. The van der Waals surface area contributed by atoms with Crippen molar-refractivity contribution in [3.8, 4) is 17.6 Å². The number of piperidine rings is 1. The number of hydrogen-bond acceptors (Lipinski definition) is 5. The number of carboxylic acids is 1. The van der Waals surface area contributed by atoms with Crippen LogP contribution in [0.2, 0.25) is 0 Å². The highest BCUT2D eigenvalue weighted by molar-refractivity contribution is 5.83. The fraction of sp³-hybridized carbons (Fsp3) is 0.400. The van der Waals surface area contributed by atoms with Crippen molar-refractivity contribution in [1.82, 2.24) is 9.88 Å². The van der Waals surface area contributed by atoms with E-state index in [0.717, 1.165) is 41.6 Å². The Kier molecular flexibility index (Phi) is 9.10. The predicted octanol–water partition coefficient (Wildman–Crippen LogP) is 5.54. The molecule has 2 N–H and O–H groups in total. The van der Waals surface area contributed by atoms with Gasteiger partial charge in [0.05, 0.1) is 30.8 Å². The van der Waals surface area contributed by atoms with E-state index >= 15 is 0 Å². The number of pyridine rings is 1. The topological polar surface area (TPSA) is 82.9 Å². The lowest BCUT2D eigenvalue weighted by atomic mass is 9.79. The van der Waals surface area contributed by atoms with Crippen LogP contribution >= 0.6 is 0 Å². The molecule has 39 heavy (non-hydrogen) atoms. The number of aliphatic hydroxyl groups is 1. The molecule has 1 aliphatic rings. The van der Waals surface area contributed by atoms with E-state index in [1.807, 2.05) is 18.2 Å². The number of hydrogen-bond donors (Lipinski definition) is 2. The molecule has 0 unspecified atom stereocenters. The number of carbonyl (C=O) groups is 1. The zero-order valence-corrected chi connectivity index (χ0v) is 21.6. The van der Waals surface area contributed by atoms with Gasteiger partial charge in [0.2, 0.25) is 0 Å². The molecule has 3 aromatic rings. The Bertz CT molecular complexity index is 1350. The number of aliphatic carboxylic acids is 1. The van der Waals surface area contributed by atoms with Gasteiger partial charge in [0.15, 0.2) is 0 Å². The first-order chi connectivity index (χ1) is 18.6. The second-order valence-corrected chi connectivity index (χ2v) is 9.90. The Balaban J connectivity index is 1.37. The number of aromatic nitrogens is 1. The van der Waals surface area contributed by atoms with Crippen LogP contribution < -0.4 is 4.74 Å². The number of aliphatic hydroxyl groups excluding tert-OH is 1. The number of fused-ring (bicyclic) bond motifs is 1. The van der Waals surface area contributed by atoms with Gasteiger partial charge in [-0.25, -0.2) is 0 Å². The lowest BCUT2D eigenvalue weighted by molar-refractivity contribution is -0.139. The zero-order valence-electron chi connectivity index (χ0n) is 21.6. The van der Waals surface area contributed by atoms with Crippen molar-refractivity contribution in [3.05, 3.63) is 71.4 Å². The molecule has 9 heteroatoms. The van der Waals surface area contributed by atoms with Crippen molar-refractivity contribution in [2.24, 2.45) is 11.8 Å². The van der Waals surface area contributed by atoms with Crippen molar-refractivity contribution in [2.75, 3.05) is 26.7 Å². The summed E-state index contributed by atoms with van der Waals surface area (Å²) in [6.07, 6.45) is -1.46. The summed E-state index contributed by atoms with van der Waals surface area (Å²) in [5, 5.41) is 21.4. The Morgan fingerprint density at radius 3 is 2.64 bits per heavy atom.